The molecular weight excluding hydrogens is 226 g/mol. The number of rotatable bonds is 6. The summed E-state index contributed by atoms with van der Waals surface area (Å²) >= 11 is 1.77. The molecule has 1 heterocycles. The first-order valence-corrected chi connectivity index (χ1v) is 7.06. The van der Waals surface area contributed by atoms with E-state index in [2.05, 4.69) is 53.3 Å². The summed E-state index contributed by atoms with van der Waals surface area (Å²) in [5.41, 5.74) is 4.21. The van der Waals surface area contributed by atoms with Crippen molar-refractivity contribution in [2.75, 3.05) is 13.1 Å². The zero-order chi connectivity index (χ0) is 11.9. The first kappa shape index (κ1) is 12.3. The van der Waals surface area contributed by atoms with Crippen LogP contribution in [0.4, 0.5) is 0 Å². The maximum Gasteiger partial charge on any atom is -0.000793 e. The Morgan fingerprint density at radius 1 is 1.06 bits per heavy atom. The van der Waals surface area contributed by atoms with Gasteiger partial charge in [-0.2, -0.15) is 11.3 Å². The predicted molar refractivity (Wildman–Crippen MR) is 75.8 cm³/mol. The van der Waals surface area contributed by atoms with E-state index in [-0.39, 0.29) is 0 Å². The highest BCUT2D eigenvalue weighted by Gasteiger charge is 1.95. The molecule has 17 heavy (non-hydrogen) atoms. The Morgan fingerprint density at radius 2 is 1.88 bits per heavy atom. The number of thiophene rings is 1. The van der Waals surface area contributed by atoms with Crippen LogP contribution in [-0.2, 0) is 12.8 Å². The van der Waals surface area contributed by atoms with Crippen molar-refractivity contribution in [3.05, 3.63) is 57.8 Å². The lowest BCUT2D eigenvalue weighted by molar-refractivity contribution is 0.682. The molecule has 2 rings (SSSR count). The third-order valence-electron chi connectivity index (χ3n) is 2.84. The van der Waals surface area contributed by atoms with Crippen LogP contribution in [0.5, 0.6) is 0 Å². The van der Waals surface area contributed by atoms with Crippen molar-refractivity contribution < 1.29 is 0 Å². The highest BCUT2D eigenvalue weighted by atomic mass is 32.1. The Labute approximate surface area is 108 Å². The largest absolute Gasteiger partial charge is 0.316 e. The molecule has 0 atom stereocenters. The Balaban J connectivity index is 1.63. The second kappa shape index (κ2) is 6.58. The third kappa shape index (κ3) is 4.33. The van der Waals surface area contributed by atoms with E-state index >= 15 is 0 Å². The maximum atomic E-state index is 3.50. The van der Waals surface area contributed by atoms with Crippen LogP contribution in [0.3, 0.4) is 0 Å². The Hall–Kier alpha value is -1.12. The Bertz CT molecular complexity index is 434. The molecule has 0 unspecified atom stereocenters. The van der Waals surface area contributed by atoms with Crippen LogP contribution in [0.2, 0.25) is 0 Å². The fourth-order valence-corrected chi connectivity index (χ4v) is 2.60. The molecule has 0 bridgehead atoms. The van der Waals surface area contributed by atoms with Gasteiger partial charge >= 0.3 is 0 Å². The average Bonchev–Trinajstić information content (AvgIpc) is 2.82. The van der Waals surface area contributed by atoms with Crippen LogP contribution in [0, 0.1) is 6.92 Å². The molecule has 2 heteroatoms. The zero-order valence-corrected chi connectivity index (χ0v) is 11.1. The first-order valence-electron chi connectivity index (χ1n) is 6.12. The normalized spacial score (nSPS) is 10.6. The monoisotopic (exact) mass is 245 g/mol. The van der Waals surface area contributed by atoms with E-state index in [0.29, 0.717) is 0 Å². The van der Waals surface area contributed by atoms with Gasteiger partial charge in [0.2, 0.25) is 0 Å². The van der Waals surface area contributed by atoms with Gasteiger partial charge in [0.25, 0.3) is 0 Å². The van der Waals surface area contributed by atoms with Crippen molar-refractivity contribution in [1.82, 2.24) is 5.32 Å². The van der Waals surface area contributed by atoms with E-state index in [1.807, 2.05) is 0 Å². The first-order chi connectivity index (χ1) is 8.34. The molecule has 0 radical (unpaired) electrons. The topological polar surface area (TPSA) is 12.0 Å². The highest BCUT2D eigenvalue weighted by molar-refractivity contribution is 7.07. The molecule has 1 aromatic carbocycles. The summed E-state index contributed by atoms with van der Waals surface area (Å²) in [5.74, 6) is 0. The molecule has 1 aromatic heterocycles. The lowest BCUT2D eigenvalue weighted by Gasteiger charge is -2.05. The van der Waals surface area contributed by atoms with E-state index in [1.54, 1.807) is 11.3 Å². The molecule has 0 aliphatic rings. The molecular formula is C15H19NS. The van der Waals surface area contributed by atoms with Gasteiger partial charge in [-0.25, -0.2) is 0 Å². The van der Waals surface area contributed by atoms with E-state index in [4.69, 9.17) is 0 Å². The van der Waals surface area contributed by atoms with Gasteiger partial charge in [-0.05, 0) is 60.8 Å². The molecule has 0 saturated carbocycles. The van der Waals surface area contributed by atoms with Gasteiger partial charge in [0.1, 0.15) is 0 Å². The number of aryl methyl sites for hydroxylation is 1. The van der Waals surface area contributed by atoms with E-state index in [1.165, 1.54) is 16.7 Å². The van der Waals surface area contributed by atoms with Crippen molar-refractivity contribution in [3.63, 3.8) is 0 Å². The minimum Gasteiger partial charge on any atom is -0.316 e. The summed E-state index contributed by atoms with van der Waals surface area (Å²) in [5, 5.41) is 7.86. The quantitative estimate of drug-likeness (QED) is 0.769. The average molecular weight is 245 g/mol. The summed E-state index contributed by atoms with van der Waals surface area (Å²) < 4.78 is 0. The molecule has 0 saturated heterocycles. The van der Waals surface area contributed by atoms with E-state index < -0.39 is 0 Å². The molecule has 1 N–H and O–H groups in total. The Kier molecular flexibility index (Phi) is 4.77. The second-order valence-corrected chi connectivity index (χ2v) is 5.15. The minimum absolute atomic E-state index is 1.06. The van der Waals surface area contributed by atoms with Gasteiger partial charge in [-0.15, -0.1) is 0 Å². The number of nitrogens with one attached hydrogen (secondary N) is 1. The molecule has 0 fully saturated rings. The van der Waals surface area contributed by atoms with Crippen LogP contribution in [0.15, 0.2) is 41.1 Å². The molecule has 0 aliphatic heterocycles. The lowest BCUT2D eigenvalue weighted by atomic mass is 10.1. The van der Waals surface area contributed by atoms with Gasteiger partial charge in [0, 0.05) is 0 Å². The van der Waals surface area contributed by atoms with Crippen LogP contribution < -0.4 is 5.32 Å². The van der Waals surface area contributed by atoms with Gasteiger partial charge in [-0.1, -0.05) is 29.8 Å². The van der Waals surface area contributed by atoms with Crippen LogP contribution in [-0.4, -0.2) is 13.1 Å². The molecule has 0 amide bonds. The second-order valence-electron chi connectivity index (χ2n) is 4.37. The molecule has 90 valence electrons. The van der Waals surface area contributed by atoms with Crippen molar-refractivity contribution in [1.29, 1.82) is 0 Å². The molecule has 1 nitrogen and oxygen atoms in total. The summed E-state index contributed by atoms with van der Waals surface area (Å²) in [6, 6.07) is 10.9. The summed E-state index contributed by atoms with van der Waals surface area (Å²) in [6.07, 6.45) is 2.25. The summed E-state index contributed by atoms with van der Waals surface area (Å²) in [7, 11) is 0. The lowest BCUT2D eigenvalue weighted by Crippen LogP contribution is -2.19. The van der Waals surface area contributed by atoms with E-state index in [0.717, 1.165) is 25.9 Å². The fourth-order valence-electron chi connectivity index (χ4n) is 1.89. The van der Waals surface area contributed by atoms with Crippen LogP contribution in [0.25, 0.3) is 0 Å². The molecule has 0 aliphatic carbocycles. The highest BCUT2D eigenvalue weighted by Crippen LogP contribution is 2.06. The standard InChI is InChI=1S/C15H19NS/c1-13-3-2-4-14(11-13)5-8-16-9-6-15-7-10-17-12-15/h2-4,7,10-12,16H,5-6,8-9H2,1H3. The maximum absolute atomic E-state index is 3.50. The van der Waals surface area contributed by atoms with E-state index in [9.17, 15) is 0 Å². The fraction of sp³-hybridized carbons (Fsp3) is 0.333. The number of hydrogen-bond acceptors (Lipinski definition) is 2. The van der Waals surface area contributed by atoms with Crippen molar-refractivity contribution in [2.45, 2.75) is 19.8 Å². The summed E-state index contributed by atoms with van der Waals surface area (Å²) in [6.45, 7) is 4.28. The summed E-state index contributed by atoms with van der Waals surface area (Å²) in [4.78, 5) is 0. The third-order valence-corrected chi connectivity index (χ3v) is 3.58. The Morgan fingerprint density at radius 3 is 2.59 bits per heavy atom. The van der Waals surface area contributed by atoms with Gasteiger partial charge < -0.3 is 5.32 Å². The van der Waals surface area contributed by atoms with Crippen LogP contribution in [0.1, 0.15) is 16.7 Å². The van der Waals surface area contributed by atoms with Gasteiger partial charge in [0.05, 0.1) is 0 Å². The minimum atomic E-state index is 1.06. The molecule has 2 aromatic rings. The smallest absolute Gasteiger partial charge is 0.000793 e. The van der Waals surface area contributed by atoms with Gasteiger partial charge in [0.15, 0.2) is 0 Å². The van der Waals surface area contributed by atoms with Crippen LogP contribution >= 0.6 is 11.3 Å². The number of hydrogen-bond donors (Lipinski definition) is 1. The zero-order valence-electron chi connectivity index (χ0n) is 10.3. The predicted octanol–water partition coefficient (Wildman–Crippen LogP) is 3.43. The SMILES string of the molecule is Cc1cccc(CCNCCc2ccsc2)c1. The van der Waals surface area contributed by atoms with Crippen molar-refractivity contribution in [2.24, 2.45) is 0 Å². The van der Waals surface area contributed by atoms with Crippen molar-refractivity contribution >= 4 is 11.3 Å². The van der Waals surface area contributed by atoms with Crippen molar-refractivity contribution in [3.8, 4) is 0 Å². The van der Waals surface area contributed by atoms with Gasteiger partial charge in [-0.3, -0.25) is 0 Å². The molecule has 0 spiro atoms. The number of benzene rings is 1.